The van der Waals surface area contributed by atoms with Crippen molar-refractivity contribution in [3.8, 4) is 5.75 Å². The minimum Gasteiger partial charge on any atom is -0.482 e. The van der Waals surface area contributed by atoms with Crippen LogP contribution < -0.4 is 10.1 Å². The number of hydrogen-bond donors (Lipinski definition) is 1. The number of carbonyl (C=O) groups is 1. The van der Waals surface area contributed by atoms with E-state index in [0.29, 0.717) is 15.8 Å². The van der Waals surface area contributed by atoms with Gasteiger partial charge in [-0.1, -0.05) is 29.3 Å². The van der Waals surface area contributed by atoms with E-state index >= 15 is 0 Å². The van der Waals surface area contributed by atoms with Crippen LogP contribution in [0, 0.1) is 0 Å². The molecule has 1 aromatic carbocycles. The molecule has 0 bridgehead atoms. The van der Waals surface area contributed by atoms with Crippen LogP contribution in [-0.4, -0.2) is 12.5 Å². The van der Waals surface area contributed by atoms with E-state index in [2.05, 4.69) is 5.32 Å². The van der Waals surface area contributed by atoms with Crippen molar-refractivity contribution in [2.24, 2.45) is 0 Å². The third-order valence-electron chi connectivity index (χ3n) is 2.60. The van der Waals surface area contributed by atoms with E-state index in [9.17, 15) is 4.79 Å². The Labute approximate surface area is 131 Å². The Balaban J connectivity index is 1.87. The van der Waals surface area contributed by atoms with Crippen LogP contribution in [0.5, 0.6) is 5.75 Å². The summed E-state index contributed by atoms with van der Waals surface area (Å²) < 4.78 is 5.37. The zero-order chi connectivity index (χ0) is 14.5. The number of amides is 1. The Hall–Kier alpha value is -1.23. The second-order valence-electron chi connectivity index (χ2n) is 4.17. The Morgan fingerprint density at radius 1 is 1.40 bits per heavy atom. The molecule has 0 fully saturated rings. The first-order valence-electron chi connectivity index (χ1n) is 5.97. The van der Waals surface area contributed by atoms with Crippen molar-refractivity contribution in [1.82, 2.24) is 5.32 Å². The SMILES string of the molecule is C[C@H](NC(=O)COc1cc(Cl)ccc1Cl)c1cccs1. The maximum absolute atomic E-state index is 11.8. The van der Waals surface area contributed by atoms with Crippen molar-refractivity contribution in [3.63, 3.8) is 0 Å². The smallest absolute Gasteiger partial charge is 0.258 e. The number of thiophene rings is 1. The van der Waals surface area contributed by atoms with Crippen LogP contribution in [0.4, 0.5) is 0 Å². The first-order chi connectivity index (χ1) is 9.56. The molecule has 1 heterocycles. The van der Waals surface area contributed by atoms with Crippen molar-refractivity contribution in [3.05, 3.63) is 50.6 Å². The molecule has 0 radical (unpaired) electrons. The minimum absolute atomic E-state index is 0.0408. The lowest BCUT2D eigenvalue weighted by Gasteiger charge is -2.13. The summed E-state index contributed by atoms with van der Waals surface area (Å²) in [6.45, 7) is 1.83. The Morgan fingerprint density at radius 3 is 2.90 bits per heavy atom. The Bertz CT molecular complexity index is 587. The van der Waals surface area contributed by atoms with Gasteiger partial charge >= 0.3 is 0 Å². The predicted molar refractivity (Wildman–Crippen MR) is 82.8 cm³/mol. The molecule has 0 aliphatic heterocycles. The fourth-order valence-corrected chi connectivity index (χ4v) is 2.69. The monoisotopic (exact) mass is 329 g/mol. The highest BCUT2D eigenvalue weighted by Gasteiger charge is 2.11. The molecule has 1 atom stereocenters. The third-order valence-corrected chi connectivity index (χ3v) is 4.20. The van der Waals surface area contributed by atoms with Crippen LogP contribution in [0.25, 0.3) is 0 Å². The van der Waals surface area contributed by atoms with Crippen molar-refractivity contribution >= 4 is 40.4 Å². The molecule has 0 aliphatic carbocycles. The van der Waals surface area contributed by atoms with Crippen LogP contribution in [0.1, 0.15) is 17.8 Å². The average molecular weight is 330 g/mol. The van der Waals surface area contributed by atoms with Crippen LogP contribution in [0.3, 0.4) is 0 Å². The minimum atomic E-state index is -0.207. The van der Waals surface area contributed by atoms with Crippen molar-refractivity contribution in [1.29, 1.82) is 0 Å². The fraction of sp³-hybridized carbons (Fsp3) is 0.214. The van der Waals surface area contributed by atoms with Gasteiger partial charge in [-0.05, 0) is 30.5 Å². The summed E-state index contributed by atoms with van der Waals surface area (Å²) in [5, 5.41) is 5.76. The number of ether oxygens (including phenoxy) is 1. The summed E-state index contributed by atoms with van der Waals surface area (Å²) in [5.74, 6) is 0.194. The summed E-state index contributed by atoms with van der Waals surface area (Å²) >= 11 is 13.4. The lowest BCUT2D eigenvalue weighted by molar-refractivity contribution is -0.123. The van der Waals surface area contributed by atoms with E-state index in [0.717, 1.165) is 4.88 Å². The summed E-state index contributed by atoms with van der Waals surface area (Å²) in [5.41, 5.74) is 0. The molecule has 0 unspecified atom stereocenters. The molecule has 1 N–H and O–H groups in total. The molecule has 2 aromatic rings. The molecule has 6 heteroatoms. The average Bonchev–Trinajstić information content (AvgIpc) is 2.94. The maximum Gasteiger partial charge on any atom is 0.258 e. The summed E-state index contributed by atoms with van der Waals surface area (Å²) in [6.07, 6.45) is 0. The highest BCUT2D eigenvalue weighted by atomic mass is 35.5. The lowest BCUT2D eigenvalue weighted by atomic mass is 10.3. The largest absolute Gasteiger partial charge is 0.482 e. The molecule has 0 saturated heterocycles. The number of hydrogen-bond acceptors (Lipinski definition) is 3. The summed E-state index contributed by atoms with van der Waals surface area (Å²) in [4.78, 5) is 12.9. The quantitative estimate of drug-likeness (QED) is 0.887. The van der Waals surface area contributed by atoms with Crippen LogP contribution >= 0.6 is 34.5 Å². The second kappa shape index (κ2) is 6.97. The number of carbonyl (C=O) groups excluding carboxylic acids is 1. The molecular formula is C14H13Cl2NO2S. The first kappa shape index (κ1) is 15.2. The number of benzene rings is 1. The lowest BCUT2D eigenvalue weighted by Crippen LogP contribution is -2.30. The number of halogens is 2. The van der Waals surface area contributed by atoms with E-state index < -0.39 is 0 Å². The van der Waals surface area contributed by atoms with Crippen molar-refractivity contribution < 1.29 is 9.53 Å². The van der Waals surface area contributed by atoms with Crippen LogP contribution in [0.2, 0.25) is 10.0 Å². The normalized spacial score (nSPS) is 11.9. The van der Waals surface area contributed by atoms with E-state index in [1.54, 1.807) is 29.5 Å². The molecule has 3 nitrogen and oxygen atoms in total. The van der Waals surface area contributed by atoms with Crippen LogP contribution in [0.15, 0.2) is 35.7 Å². The molecular weight excluding hydrogens is 317 g/mol. The van der Waals surface area contributed by atoms with Gasteiger partial charge in [0.15, 0.2) is 6.61 Å². The predicted octanol–water partition coefficient (Wildman–Crippen LogP) is 4.31. The maximum atomic E-state index is 11.8. The van der Waals surface area contributed by atoms with Gasteiger partial charge < -0.3 is 10.1 Å². The molecule has 1 aromatic heterocycles. The third kappa shape index (κ3) is 4.13. The Morgan fingerprint density at radius 2 is 2.20 bits per heavy atom. The molecule has 2 rings (SSSR count). The first-order valence-corrected chi connectivity index (χ1v) is 7.60. The molecule has 0 saturated carbocycles. The standard InChI is InChI=1S/C14H13Cl2NO2S/c1-9(13-3-2-6-20-13)17-14(18)8-19-12-7-10(15)4-5-11(12)16/h2-7,9H,8H2,1H3,(H,17,18)/t9-/m0/s1. The number of nitrogens with one attached hydrogen (secondary N) is 1. The van der Waals surface area contributed by atoms with Gasteiger partial charge in [0.05, 0.1) is 11.1 Å². The molecule has 0 spiro atoms. The molecule has 0 aliphatic rings. The van der Waals surface area contributed by atoms with E-state index in [-0.39, 0.29) is 18.6 Å². The number of rotatable bonds is 5. The molecule has 106 valence electrons. The van der Waals surface area contributed by atoms with Gasteiger partial charge in [0.2, 0.25) is 0 Å². The molecule has 20 heavy (non-hydrogen) atoms. The fourth-order valence-electron chi connectivity index (χ4n) is 1.62. The van der Waals surface area contributed by atoms with Crippen LogP contribution in [-0.2, 0) is 4.79 Å². The van der Waals surface area contributed by atoms with Gasteiger partial charge in [0.25, 0.3) is 5.91 Å². The van der Waals surface area contributed by atoms with E-state index in [1.165, 1.54) is 0 Å². The van der Waals surface area contributed by atoms with Gasteiger partial charge in [-0.2, -0.15) is 0 Å². The highest BCUT2D eigenvalue weighted by Crippen LogP contribution is 2.27. The van der Waals surface area contributed by atoms with Gasteiger partial charge in [0.1, 0.15) is 5.75 Å². The van der Waals surface area contributed by atoms with Crippen molar-refractivity contribution in [2.75, 3.05) is 6.61 Å². The van der Waals surface area contributed by atoms with Crippen molar-refractivity contribution in [2.45, 2.75) is 13.0 Å². The van der Waals surface area contributed by atoms with E-state index in [4.69, 9.17) is 27.9 Å². The highest BCUT2D eigenvalue weighted by molar-refractivity contribution is 7.10. The zero-order valence-electron chi connectivity index (χ0n) is 10.7. The zero-order valence-corrected chi connectivity index (χ0v) is 13.1. The van der Waals surface area contributed by atoms with Gasteiger partial charge in [0, 0.05) is 16.0 Å². The summed E-state index contributed by atoms with van der Waals surface area (Å²) in [7, 11) is 0. The Kier molecular flexibility index (Phi) is 5.29. The van der Waals surface area contributed by atoms with Gasteiger partial charge in [-0.15, -0.1) is 11.3 Å². The van der Waals surface area contributed by atoms with Gasteiger partial charge in [-0.25, -0.2) is 0 Å². The second-order valence-corrected chi connectivity index (χ2v) is 5.99. The summed E-state index contributed by atoms with van der Waals surface area (Å²) in [6, 6.07) is 8.76. The topological polar surface area (TPSA) is 38.3 Å². The molecule has 1 amide bonds. The van der Waals surface area contributed by atoms with Gasteiger partial charge in [-0.3, -0.25) is 4.79 Å². The van der Waals surface area contributed by atoms with E-state index in [1.807, 2.05) is 24.4 Å².